The second-order valence-electron chi connectivity index (χ2n) is 6.35. The first-order chi connectivity index (χ1) is 12.7. The molecular formula is C21H21BrN2O2. The van der Waals surface area contributed by atoms with E-state index in [0.717, 1.165) is 35.6 Å². The zero-order valence-corrected chi connectivity index (χ0v) is 16.2. The first kappa shape index (κ1) is 17.3. The van der Waals surface area contributed by atoms with Gasteiger partial charge in [0.2, 0.25) is 0 Å². The predicted octanol–water partition coefficient (Wildman–Crippen LogP) is 4.78. The summed E-state index contributed by atoms with van der Waals surface area (Å²) in [4.78, 5) is 2.36. The van der Waals surface area contributed by atoms with Gasteiger partial charge in [0.1, 0.15) is 12.0 Å². The van der Waals surface area contributed by atoms with Crippen LogP contribution >= 0.6 is 15.9 Å². The second-order valence-corrected chi connectivity index (χ2v) is 7.20. The van der Waals surface area contributed by atoms with Crippen molar-refractivity contribution in [2.45, 2.75) is 12.8 Å². The number of rotatable bonds is 5. The van der Waals surface area contributed by atoms with E-state index in [1.165, 1.54) is 11.1 Å². The number of halogens is 1. The monoisotopic (exact) mass is 412 g/mol. The highest BCUT2D eigenvalue weighted by atomic mass is 79.9. The van der Waals surface area contributed by atoms with E-state index >= 15 is 0 Å². The Morgan fingerprint density at radius 1 is 1.12 bits per heavy atom. The number of aromatic nitrogens is 1. The highest BCUT2D eigenvalue weighted by Gasteiger charge is 2.27. The van der Waals surface area contributed by atoms with Crippen LogP contribution in [0.25, 0.3) is 5.69 Å². The summed E-state index contributed by atoms with van der Waals surface area (Å²) in [6.45, 7) is 2.53. The first-order valence-corrected chi connectivity index (χ1v) is 9.45. The van der Waals surface area contributed by atoms with E-state index in [1.54, 1.807) is 7.11 Å². The minimum atomic E-state index is -0.0131. The quantitative estimate of drug-likeness (QED) is 0.603. The fourth-order valence-corrected chi connectivity index (χ4v) is 3.80. The maximum Gasteiger partial charge on any atom is 0.138 e. The van der Waals surface area contributed by atoms with Crippen LogP contribution in [0.3, 0.4) is 0 Å². The van der Waals surface area contributed by atoms with Gasteiger partial charge in [-0.1, -0.05) is 24.3 Å². The SMILES string of the molecule is COc1ccc(CN2CCO[C@H]2c2ccn(-c3ccccc3Br)c2)cc1. The molecule has 2 heterocycles. The summed E-state index contributed by atoms with van der Waals surface area (Å²) in [5.74, 6) is 0.883. The van der Waals surface area contributed by atoms with E-state index in [0.29, 0.717) is 0 Å². The summed E-state index contributed by atoms with van der Waals surface area (Å²) in [6, 6.07) is 18.6. The Morgan fingerprint density at radius 2 is 1.92 bits per heavy atom. The molecule has 26 heavy (non-hydrogen) atoms. The Kier molecular flexibility index (Phi) is 5.11. The average Bonchev–Trinajstić information content (AvgIpc) is 3.32. The van der Waals surface area contributed by atoms with Gasteiger partial charge in [-0.2, -0.15) is 0 Å². The van der Waals surface area contributed by atoms with E-state index < -0.39 is 0 Å². The van der Waals surface area contributed by atoms with E-state index in [4.69, 9.17) is 9.47 Å². The Bertz CT molecular complexity index is 876. The third-order valence-corrected chi connectivity index (χ3v) is 5.33. The van der Waals surface area contributed by atoms with Crippen molar-refractivity contribution in [1.82, 2.24) is 9.47 Å². The molecular weight excluding hydrogens is 392 g/mol. The molecule has 1 atom stereocenters. The van der Waals surface area contributed by atoms with Crippen molar-refractivity contribution in [3.8, 4) is 11.4 Å². The maximum atomic E-state index is 6.02. The minimum Gasteiger partial charge on any atom is -0.497 e. The number of ether oxygens (including phenoxy) is 2. The van der Waals surface area contributed by atoms with Gasteiger partial charge in [-0.05, 0) is 51.8 Å². The van der Waals surface area contributed by atoms with Crippen molar-refractivity contribution in [3.63, 3.8) is 0 Å². The van der Waals surface area contributed by atoms with Crippen LogP contribution in [0.2, 0.25) is 0 Å². The zero-order valence-electron chi connectivity index (χ0n) is 14.6. The molecule has 1 aromatic heterocycles. The van der Waals surface area contributed by atoms with Gasteiger partial charge in [0.15, 0.2) is 0 Å². The lowest BCUT2D eigenvalue weighted by Crippen LogP contribution is -2.23. The molecule has 3 aromatic rings. The average molecular weight is 413 g/mol. The van der Waals surface area contributed by atoms with Crippen LogP contribution in [0.1, 0.15) is 17.4 Å². The Hall–Kier alpha value is -2.08. The molecule has 0 N–H and O–H groups in total. The first-order valence-electron chi connectivity index (χ1n) is 8.66. The van der Waals surface area contributed by atoms with Crippen LogP contribution in [-0.2, 0) is 11.3 Å². The van der Waals surface area contributed by atoms with Gasteiger partial charge in [0.25, 0.3) is 0 Å². The lowest BCUT2D eigenvalue weighted by Gasteiger charge is -2.22. The fourth-order valence-electron chi connectivity index (χ4n) is 3.31. The fraction of sp³-hybridized carbons (Fsp3) is 0.238. The number of nitrogens with zero attached hydrogens (tertiary/aromatic N) is 2. The standard InChI is InChI=1S/C21H21BrN2O2/c1-25-18-8-6-16(7-9-18)14-24-12-13-26-21(24)17-10-11-23(15-17)20-5-3-2-4-19(20)22/h2-11,15,21H,12-14H2,1H3/t21-/m0/s1. The largest absolute Gasteiger partial charge is 0.497 e. The van der Waals surface area contributed by atoms with Crippen molar-refractivity contribution in [2.24, 2.45) is 0 Å². The molecule has 1 fully saturated rings. The van der Waals surface area contributed by atoms with Gasteiger partial charge in [-0.25, -0.2) is 0 Å². The molecule has 134 valence electrons. The van der Waals surface area contributed by atoms with Crippen molar-refractivity contribution in [3.05, 3.63) is 82.6 Å². The molecule has 1 aliphatic heterocycles. The van der Waals surface area contributed by atoms with Crippen LogP contribution < -0.4 is 4.74 Å². The summed E-state index contributed by atoms with van der Waals surface area (Å²) in [6.07, 6.45) is 4.22. The highest BCUT2D eigenvalue weighted by Crippen LogP contribution is 2.30. The molecule has 0 unspecified atom stereocenters. The number of hydrogen-bond donors (Lipinski definition) is 0. The molecule has 0 amide bonds. The van der Waals surface area contributed by atoms with Gasteiger partial charge in [-0.3, -0.25) is 4.90 Å². The van der Waals surface area contributed by atoms with Crippen molar-refractivity contribution in [2.75, 3.05) is 20.3 Å². The van der Waals surface area contributed by atoms with E-state index in [1.807, 2.05) is 24.3 Å². The van der Waals surface area contributed by atoms with Crippen molar-refractivity contribution >= 4 is 15.9 Å². The summed E-state index contributed by atoms with van der Waals surface area (Å²) in [5, 5.41) is 0. The van der Waals surface area contributed by atoms with Crippen molar-refractivity contribution in [1.29, 1.82) is 0 Å². The molecule has 0 spiro atoms. The molecule has 4 rings (SSSR count). The third-order valence-electron chi connectivity index (χ3n) is 4.66. The number of benzene rings is 2. The summed E-state index contributed by atoms with van der Waals surface area (Å²) < 4.78 is 14.5. The van der Waals surface area contributed by atoms with Crippen molar-refractivity contribution < 1.29 is 9.47 Å². The second kappa shape index (κ2) is 7.66. The topological polar surface area (TPSA) is 26.6 Å². The van der Waals surface area contributed by atoms with E-state index in [-0.39, 0.29) is 6.23 Å². The molecule has 5 heteroatoms. The third kappa shape index (κ3) is 3.56. The van der Waals surface area contributed by atoms with Crippen LogP contribution in [-0.4, -0.2) is 29.7 Å². The number of hydrogen-bond acceptors (Lipinski definition) is 3. The van der Waals surface area contributed by atoms with Gasteiger partial charge in [-0.15, -0.1) is 0 Å². The smallest absolute Gasteiger partial charge is 0.138 e. The van der Waals surface area contributed by atoms with Crippen LogP contribution in [0.5, 0.6) is 5.75 Å². The Labute approximate surface area is 162 Å². The lowest BCUT2D eigenvalue weighted by molar-refractivity contribution is 0.0288. The van der Waals surface area contributed by atoms with Gasteiger partial charge >= 0.3 is 0 Å². The number of methoxy groups -OCH3 is 1. The zero-order chi connectivity index (χ0) is 17.9. The predicted molar refractivity (Wildman–Crippen MR) is 106 cm³/mol. The molecule has 0 bridgehead atoms. The summed E-state index contributed by atoms with van der Waals surface area (Å²) in [7, 11) is 1.69. The van der Waals surface area contributed by atoms with Crippen LogP contribution in [0.4, 0.5) is 0 Å². The highest BCUT2D eigenvalue weighted by molar-refractivity contribution is 9.10. The van der Waals surface area contributed by atoms with E-state index in [2.05, 4.69) is 68.1 Å². The molecule has 0 radical (unpaired) electrons. The summed E-state index contributed by atoms with van der Waals surface area (Å²) in [5.41, 5.74) is 3.55. The maximum absolute atomic E-state index is 6.02. The van der Waals surface area contributed by atoms with E-state index in [9.17, 15) is 0 Å². The molecule has 1 aliphatic rings. The molecule has 1 saturated heterocycles. The van der Waals surface area contributed by atoms with Gasteiger partial charge in [0, 0.05) is 35.5 Å². The molecule has 0 saturated carbocycles. The van der Waals surface area contributed by atoms with Crippen LogP contribution in [0.15, 0.2) is 71.5 Å². The Balaban J connectivity index is 1.52. The molecule has 2 aromatic carbocycles. The minimum absolute atomic E-state index is 0.0131. The Morgan fingerprint density at radius 3 is 2.69 bits per heavy atom. The normalized spacial score (nSPS) is 17.5. The van der Waals surface area contributed by atoms with Gasteiger partial charge < -0.3 is 14.0 Å². The number of para-hydroxylation sites is 1. The van der Waals surface area contributed by atoms with Gasteiger partial charge in [0.05, 0.1) is 19.4 Å². The van der Waals surface area contributed by atoms with Crippen LogP contribution in [0, 0.1) is 0 Å². The summed E-state index contributed by atoms with van der Waals surface area (Å²) >= 11 is 3.62. The molecule has 0 aliphatic carbocycles. The lowest BCUT2D eigenvalue weighted by atomic mass is 10.2. The molecule has 4 nitrogen and oxygen atoms in total.